The van der Waals surface area contributed by atoms with Crippen molar-refractivity contribution in [2.45, 2.75) is 25.8 Å². The highest BCUT2D eigenvalue weighted by molar-refractivity contribution is 5.95. The van der Waals surface area contributed by atoms with Crippen molar-refractivity contribution in [3.05, 3.63) is 24.3 Å². The highest BCUT2D eigenvalue weighted by Gasteiger charge is 2.33. The number of nitrogens with one attached hydrogen (secondary N) is 1. The Bertz CT molecular complexity index is 426. The lowest BCUT2D eigenvalue weighted by molar-refractivity contribution is -0.119. The lowest BCUT2D eigenvalue weighted by atomic mass is 10.0. The average molecular weight is 248 g/mol. The van der Waals surface area contributed by atoms with E-state index in [1.54, 1.807) is 7.11 Å². The fourth-order valence-electron chi connectivity index (χ4n) is 2.34. The topological polar surface area (TPSA) is 41.6 Å². The molecular formula is C14H20N2O2. The average Bonchev–Trinajstić information content (AvgIpc) is 2.48. The quantitative estimate of drug-likeness (QED) is 0.867. The van der Waals surface area contributed by atoms with Crippen molar-refractivity contribution in [2.24, 2.45) is 0 Å². The summed E-state index contributed by atoms with van der Waals surface area (Å²) in [5.74, 6) is 0.965. The number of anilines is 1. The van der Waals surface area contributed by atoms with Crippen LogP contribution in [-0.2, 0) is 4.79 Å². The molecule has 0 aromatic heterocycles. The molecule has 1 aromatic carbocycles. The van der Waals surface area contributed by atoms with E-state index in [9.17, 15) is 4.79 Å². The highest BCUT2D eigenvalue weighted by Crippen LogP contribution is 2.27. The summed E-state index contributed by atoms with van der Waals surface area (Å²) in [5, 5.41) is 3.30. The maximum Gasteiger partial charge on any atom is 0.228 e. The first-order chi connectivity index (χ1) is 8.54. The van der Waals surface area contributed by atoms with Crippen LogP contribution in [0.1, 0.15) is 20.3 Å². The molecule has 1 aliphatic rings. The summed E-state index contributed by atoms with van der Waals surface area (Å²) in [6, 6.07) is 7.64. The lowest BCUT2D eigenvalue weighted by Gasteiger charge is -2.37. The van der Waals surface area contributed by atoms with Crippen LogP contribution in [0.4, 0.5) is 5.69 Å². The van der Waals surface area contributed by atoms with Crippen molar-refractivity contribution in [1.29, 1.82) is 0 Å². The second-order valence-electron chi connectivity index (χ2n) is 5.17. The Morgan fingerprint density at radius 1 is 1.28 bits per heavy atom. The van der Waals surface area contributed by atoms with Gasteiger partial charge in [0.1, 0.15) is 5.75 Å². The zero-order chi connectivity index (χ0) is 13.2. The molecule has 1 amide bonds. The molecule has 1 aromatic rings. The molecule has 0 saturated carbocycles. The van der Waals surface area contributed by atoms with E-state index in [0.717, 1.165) is 24.5 Å². The van der Waals surface area contributed by atoms with E-state index in [1.165, 1.54) is 0 Å². The number of hydrogen-bond donors (Lipinski definition) is 1. The number of nitrogens with zero attached hydrogens (tertiary/aromatic N) is 1. The molecule has 1 heterocycles. The van der Waals surface area contributed by atoms with Crippen molar-refractivity contribution in [1.82, 2.24) is 5.32 Å². The molecule has 0 unspecified atom stereocenters. The van der Waals surface area contributed by atoms with Gasteiger partial charge in [0.05, 0.1) is 12.6 Å². The summed E-state index contributed by atoms with van der Waals surface area (Å²) in [7, 11) is 1.64. The van der Waals surface area contributed by atoms with Gasteiger partial charge in [-0.15, -0.1) is 0 Å². The molecule has 1 aliphatic heterocycles. The smallest absolute Gasteiger partial charge is 0.228 e. The zero-order valence-electron chi connectivity index (χ0n) is 11.2. The molecule has 1 fully saturated rings. The van der Waals surface area contributed by atoms with E-state index < -0.39 is 0 Å². The van der Waals surface area contributed by atoms with Gasteiger partial charge in [0, 0.05) is 25.2 Å². The first-order valence-corrected chi connectivity index (χ1v) is 6.22. The summed E-state index contributed by atoms with van der Waals surface area (Å²) >= 11 is 0. The number of rotatable bonds is 2. The Morgan fingerprint density at radius 2 is 1.94 bits per heavy atom. The van der Waals surface area contributed by atoms with Gasteiger partial charge in [0.15, 0.2) is 0 Å². The maximum absolute atomic E-state index is 12.2. The first kappa shape index (κ1) is 12.9. The van der Waals surface area contributed by atoms with Gasteiger partial charge in [-0.05, 0) is 38.1 Å². The number of ether oxygens (including phenoxy) is 1. The Balaban J connectivity index is 2.34. The third-order valence-electron chi connectivity index (χ3n) is 3.26. The van der Waals surface area contributed by atoms with Crippen LogP contribution in [0.15, 0.2) is 24.3 Å². The number of amides is 1. The lowest BCUT2D eigenvalue weighted by Crippen LogP contribution is -2.51. The number of hydrogen-bond acceptors (Lipinski definition) is 3. The second-order valence-corrected chi connectivity index (χ2v) is 5.17. The molecule has 0 radical (unpaired) electrons. The minimum Gasteiger partial charge on any atom is -0.497 e. The van der Waals surface area contributed by atoms with Crippen molar-refractivity contribution < 1.29 is 9.53 Å². The Morgan fingerprint density at radius 3 is 2.56 bits per heavy atom. The summed E-state index contributed by atoms with van der Waals surface area (Å²) in [5.41, 5.74) is 0.705. The zero-order valence-corrected chi connectivity index (χ0v) is 11.2. The SMILES string of the molecule is COc1ccc(N2C(=O)CCNCC2(C)C)cc1. The molecule has 2 rings (SSSR count). The number of methoxy groups -OCH3 is 1. The standard InChI is InChI=1S/C14H20N2O2/c1-14(2)10-15-9-8-13(17)16(14)11-4-6-12(18-3)7-5-11/h4-7,15H,8-10H2,1-3H3. The fourth-order valence-corrected chi connectivity index (χ4v) is 2.34. The van der Waals surface area contributed by atoms with Crippen LogP contribution in [0.5, 0.6) is 5.75 Å². The van der Waals surface area contributed by atoms with Gasteiger partial charge >= 0.3 is 0 Å². The molecule has 98 valence electrons. The highest BCUT2D eigenvalue weighted by atomic mass is 16.5. The molecular weight excluding hydrogens is 228 g/mol. The second kappa shape index (κ2) is 4.98. The monoisotopic (exact) mass is 248 g/mol. The molecule has 18 heavy (non-hydrogen) atoms. The van der Waals surface area contributed by atoms with Gasteiger partial charge < -0.3 is 15.0 Å². The van der Waals surface area contributed by atoms with Crippen LogP contribution in [-0.4, -0.2) is 31.6 Å². The largest absolute Gasteiger partial charge is 0.497 e. The molecule has 1 N–H and O–H groups in total. The van der Waals surface area contributed by atoms with Gasteiger partial charge in [-0.1, -0.05) is 0 Å². The van der Waals surface area contributed by atoms with E-state index in [4.69, 9.17) is 4.74 Å². The van der Waals surface area contributed by atoms with E-state index in [0.29, 0.717) is 6.42 Å². The molecule has 4 nitrogen and oxygen atoms in total. The number of benzene rings is 1. The summed E-state index contributed by atoms with van der Waals surface area (Å²) < 4.78 is 5.14. The van der Waals surface area contributed by atoms with Crippen molar-refractivity contribution in [3.63, 3.8) is 0 Å². The Hall–Kier alpha value is -1.55. The minimum absolute atomic E-state index is 0.162. The van der Waals surface area contributed by atoms with Gasteiger partial charge in [-0.2, -0.15) is 0 Å². The summed E-state index contributed by atoms with van der Waals surface area (Å²) in [4.78, 5) is 14.1. The predicted molar refractivity (Wildman–Crippen MR) is 72.0 cm³/mol. The minimum atomic E-state index is -0.220. The van der Waals surface area contributed by atoms with Crippen LogP contribution in [0, 0.1) is 0 Å². The van der Waals surface area contributed by atoms with Crippen LogP contribution in [0.25, 0.3) is 0 Å². The van der Waals surface area contributed by atoms with Crippen molar-refractivity contribution in [2.75, 3.05) is 25.1 Å². The van der Waals surface area contributed by atoms with Crippen LogP contribution < -0.4 is 15.0 Å². The number of carbonyl (C=O) groups excluding carboxylic acids is 1. The molecule has 4 heteroatoms. The third kappa shape index (κ3) is 2.48. The van der Waals surface area contributed by atoms with Crippen LogP contribution in [0.3, 0.4) is 0 Å². The van der Waals surface area contributed by atoms with Gasteiger partial charge in [-0.25, -0.2) is 0 Å². The van der Waals surface area contributed by atoms with Crippen LogP contribution >= 0.6 is 0 Å². The normalized spacial score (nSPS) is 19.5. The van der Waals surface area contributed by atoms with E-state index in [1.807, 2.05) is 29.2 Å². The fraction of sp³-hybridized carbons (Fsp3) is 0.500. The van der Waals surface area contributed by atoms with Gasteiger partial charge in [-0.3, -0.25) is 4.79 Å². The molecule has 0 atom stereocenters. The number of carbonyl (C=O) groups is 1. The van der Waals surface area contributed by atoms with Crippen LogP contribution in [0.2, 0.25) is 0 Å². The first-order valence-electron chi connectivity index (χ1n) is 6.22. The van der Waals surface area contributed by atoms with E-state index >= 15 is 0 Å². The van der Waals surface area contributed by atoms with E-state index in [2.05, 4.69) is 19.2 Å². The van der Waals surface area contributed by atoms with E-state index in [-0.39, 0.29) is 11.4 Å². The predicted octanol–water partition coefficient (Wildman–Crippen LogP) is 1.80. The van der Waals surface area contributed by atoms with Crippen molar-refractivity contribution >= 4 is 11.6 Å². The maximum atomic E-state index is 12.2. The molecule has 0 spiro atoms. The Labute approximate surface area is 108 Å². The van der Waals surface area contributed by atoms with Crippen molar-refractivity contribution in [3.8, 4) is 5.75 Å². The van der Waals surface area contributed by atoms with Gasteiger partial charge in [0.25, 0.3) is 0 Å². The van der Waals surface area contributed by atoms with Gasteiger partial charge in [0.2, 0.25) is 5.91 Å². The molecule has 1 saturated heterocycles. The molecule has 0 aliphatic carbocycles. The molecule has 0 bridgehead atoms. The third-order valence-corrected chi connectivity index (χ3v) is 3.26. The Kier molecular flexibility index (Phi) is 3.57. The summed E-state index contributed by atoms with van der Waals surface area (Å²) in [6.45, 7) is 5.70. The summed E-state index contributed by atoms with van der Waals surface area (Å²) in [6.07, 6.45) is 0.537.